The number of aliphatic hydroxyl groups is 2. The van der Waals surface area contributed by atoms with Crippen LogP contribution in [0.5, 0.6) is 11.5 Å². The molecule has 0 aliphatic heterocycles. The van der Waals surface area contributed by atoms with Crippen molar-refractivity contribution in [3.63, 3.8) is 0 Å². The molecular weight excluding hydrogens is 917 g/mol. The molecule has 0 aliphatic rings. The van der Waals surface area contributed by atoms with Crippen molar-refractivity contribution in [1.29, 1.82) is 0 Å². The average molecular weight is 958 g/mol. The molecule has 0 unspecified atom stereocenters. The number of ether oxygens (including phenoxy) is 2. The van der Waals surface area contributed by atoms with Gasteiger partial charge in [0, 0.05) is 31.9 Å². The van der Waals surface area contributed by atoms with Gasteiger partial charge in [-0.15, -0.1) is 0 Å². The molecule has 4 aromatic carbocycles. The second kappa shape index (κ2) is 20.5. The standard InChI is InChI=1S/C21H19F3N4O2.C14H12BrF3N4O.C7H9BO3/c1-30-15-6-3-13(4-7-15)18-12-26-20-19(25-9-2-10-29)27-16-11-14(21(22,23)24)5-8-17(16)28(18)20;15-11-7-20-13-12(19-4-1-5-23)21-9-6-8(14(16,17)18)2-3-10(9)22(11)13;1-11-7-4-2-6(3-5-7)8(9)10/h3-8,11-12,29H,2,9-10H2,1H3,(H,25,27);2-3,6-7,23H,1,4-5H2,(H,19,21);2-5,9-10H,1H3. The number of hydrogen-bond acceptors (Lipinski definition) is 12. The predicted octanol–water partition coefficient (Wildman–Crippen LogP) is 7.20. The molecular formula is C42H40BBrF6N8O6. The van der Waals surface area contributed by atoms with Crippen molar-refractivity contribution >= 4 is 73.5 Å². The molecule has 64 heavy (non-hydrogen) atoms. The lowest BCUT2D eigenvalue weighted by molar-refractivity contribution is -0.138. The maximum absolute atomic E-state index is 13.2. The highest BCUT2D eigenvalue weighted by Gasteiger charge is 2.32. The highest BCUT2D eigenvalue weighted by atomic mass is 79.9. The number of anilines is 2. The number of aromatic nitrogens is 6. The lowest BCUT2D eigenvalue weighted by atomic mass is 9.80. The number of benzene rings is 4. The Balaban J connectivity index is 0.000000176. The number of alkyl halides is 6. The fourth-order valence-corrected chi connectivity index (χ4v) is 6.80. The van der Waals surface area contributed by atoms with Crippen LogP contribution in [0.25, 0.3) is 44.6 Å². The van der Waals surface area contributed by atoms with Crippen molar-refractivity contribution in [2.75, 3.05) is 51.2 Å². The third-order valence-corrected chi connectivity index (χ3v) is 10.1. The molecule has 336 valence electrons. The zero-order chi connectivity index (χ0) is 46.2. The number of nitrogens with one attached hydrogen (secondary N) is 2. The smallest absolute Gasteiger partial charge is 0.488 e. The Hall–Kier alpha value is -6.20. The minimum Gasteiger partial charge on any atom is -0.497 e. The number of halogens is 7. The van der Waals surface area contributed by atoms with Crippen LogP contribution in [0, 0.1) is 0 Å². The van der Waals surface area contributed by atoms with E-state index < -0.39 is 30.6 Å². The van der Waals surface area contributed by atoms with Gasteiger partial charge in [0.15, 0.2) is 22.9 Å². The summed E-state index contributed by atoms with van der Waals surface area (Å²) in [6.07, 6.45) is -4.71. The Morgan fingerprint density at radius 3 is 1.55 bits per heavy atom. The van der Waals surface area contributed by atoms with Crippen molar-refractivity contribution in [3.8, 4) is 22.8 Å². The fourth-order valence-electron chi connectivity index (χ4n) is 6.34. The minimum absolute atomic E-state index is 0.00717. The van der Waals surface area contributed by atoms with E-state index in [0.717, 1.165) is 29.8 Å². The van der Waals surface area contributed by atoms with E-state index in [4.69, 9.17) is 29.7 Å². The van der Waals surface area contributed by atoms with Crippen LogP contribution in [-0.2, 0) is 12.4 Å². The van der Waals surface area contributed by atoms with Crippen molar-refractivity contribution in [2.24, 2.45) is 0 Å². The molecule has 6 N–H and O–H groups in total. The molecule has 0 saturated carbocycles. The Labute approximate surface area is 369 Å². The van der Waals surface area contributed by atoms with Gasteiger partial charge in [0.25, 0.3) is 0 Å². The van der Waals surface area contributed by atoms with E-state index in [0.29, 0.717) is 87.2 Å². The number of methoxy groups -OCH3 is 2. The monoisotopic (exact) mass is 956 g/mol. The minimum atomic E-state index is -4.47. The molecule has 0 amide bonds. The molecule has 0 bridgehead atoms. The Morgan fingerprint density at radius 2 is 1.09 bits per heavy atom. The summed E-state index contributed by atoms with van der Waals surface area (Å²) in [5, 5.41) is 41.3. The summed E-state index contributed by atoms with van der Waals surface area (Å²) in [7, 11) is 1.73. The maximum atomic E-state index is 13.2. The summed E-state index contributed by atoms with van der Waals surface area (Å²) in [5.41, 5.74) is 2.90. The molecule has 0 radical (unpaired) electrons. The Kier molecular flexibility index (Phi) is 15.2. The number of imidazole rings is 2. The summed E-state index contributed by atoms with van der Waals surface area (Å²) < 4.78 is 92.6. The Bertz CT molecular complexity index is 2830. The molecule has 8 rings (SSSR count). The van der Waals surface area contributed by atoms with Gasteiger partial charge in [-0.3, -0.25) is 8.80 Å². The van der Waals surface area contributed by atoms with Crippen LogP contribution in [0.3, 0.4) is 0 Å². The van der Waals surface area contributed by atoms with Crippen LogP contribution < -0.4 is 25.6 Å². The first-order valence-electron chi connectivity index (χ1n) is 19.3. The first kappa shape index (κ1) is 47.3. The topological polar surface area (TPSA) is 184 Å². The molecule has 0 saturated heterocycles. The van der Waals surface area contributed by atoms with E-state index in [1.807, 2.05) is 12.1 Å². The fraction of sp³-hybridized carbons (Fsp3) is 0.238. The molecule has 0 fully saturated rings. The number of fused-ring (bicyclic) bond motifs is 6. The van der Waals surface area contributed by atoms with E-state index in [1.165, 1.54) is 12.1 Å². The van der Waals surface area contributed by atoms with Gasteiger partial charge in [0.2, 0.25) is 0 Å². The summed E-state index contributed by atoms with van der Waals surface area (Å²) in [6, 6.07) is 20.8. The van der Waals surface area contributed by atoms with Gasteiger partial charge >= 0.3 is 19.5 Å². The molecule has 0 atom stereocenters. The first-order chi connectivity index (χ1) is 30.6. The SMILES string of the molecule is COc1ccc(-c2cnc3c(NCCCO)nc4cc(C(F)(F)F)ccc4n23)cc1.COc1ccc(B(O)O)cc1.OCCCNc1nc2cc(C(F)(F)F)ccc2n2c(Br)cnc12. The van der Waals surface area contributed by atoms with E-state index in [1.54, 1.807) is 71.8 Å². The van der Waals surface area contributed by atoms with E-state index in [9.17, 15) is 26.3 Å². The lowest BCUT2D eigenvalue weighted by Crippen LogP contribution is -2.29. The van der Waals surface area contributed by atoms with Crippen molar-refractivity contribution in [2.45, 2.75) is 25.2 Å². The van der Waals surface area contributed by atoms with Gasteiger partial charge in [0.05, 0.1) is 65.5 Å². The van der Waals surface area contributed by atoms with Gasteiger partial charge in [-0.2, -0.15) is 26.3 Å². The normalized spacial score (nSPS) is 11.6. The van der Waals surface area contributed by atoms with Crippen molar-refractivity contribution in [3.05, 3.63) is 113 Å². The van der Waals surface area contributed by atoms with Crippen LogP contribution >= 0.6 is 15.9 Å². The number of nitrogens with zero attached hydrogens (tertiary/aromatic N) is 6. The van der Waals surface area contributed by atoms with Crippen LogP contribution in [0.2, 0.25) is 0 Å². The third-order valence-electron chi connectivity index (χ3n) is 9.51. The largest absolute Gasteiger partial charge is 0.497 e. The van der Waals surface area contributed by atoms with Gasteiger partial charge in [-0.25, -0.2) is 19.9 Å². The van der Waals surface area contributed by atoms with Crippen LogP contribution in [0.15, 0.2) is 102 Å². The summed E-state index contributed by atoms with van der Waals surface area (Å²) in [4.78, 5) is 17.3. The average Bonchev–Trinajstić information content (AvgIpc) is 3.91. The van der Waals surface area contributed by atoms with Gasteiger partial charge in [-0.05, 0) is 107 Å². The number of hydrogen-bond donors (Lipinski definition) is 6. The maximum Gasteiger partial charge on any atom is 0.488 e. The second-order valence-corrected chi connectivity index (χ2v) is 14.6. The number of rotatable bonds is 12. The van der Waals surface area contributed by atoms with Gasteiger partial charge in [-0.1, -0.05) is 12.1 Å². The lowest BCUT2D eigenvalue weighted by Gasteiger charge is -2.13. The summed E-state index contributed by atoms with van der Waals surface area (Å²) in [6.45, 7) is 0.844. The molecule has 4 heterocycles. The zero-order valence-electron chi connectivity index (χ0n) is 34.0. The number of aliphatic hydroxyl groups excluding tert-OH is 2. The molecule has 22 heteroatoms. The quantitative estimate of drug-likeness (QED) is 0.0412. The Morgan fingerprint density at radius 1 is 0.641 bits per heavy atom. The highest BCUT2D eigenvalue weighted by Crippen LogP contribution is 2.35. The van der Waals surface area contributed by atoms with Crippen molar-refractivity contribution in [1.82, 2.24) is 28.7 Å². The summed E-state index contributed by atoms with van der Waals surface area (Å²) in [5.74, 6) is 2.13. The third kappa shape index (κ3) is 10.9. The predicted molar refractivity (Wildman–Crippen MR) is 234 cm³/mol. The van der Waals surface area contributed by atoms with Crippen LogP contribution in [0.1, 0.15) is 24.0 Å². The van der Waals surface area contributed by atoms with Gasteiger partial charge in [0.1, 0.15) is 16.1 Å². The van der Waals surface area contributed by atoms with Crippen molar-refractivity contribution < 1.29 is 56.1 Å². The molecule has 0 aliphatic carbocycles. The first-order valence-corrected chi connectivity index (χ1v) is 20.1. The van der Waals surface area contributed by atoms with E-state index in [-0.39, 0.29) is 24.2 Å². The van der Waals surface area contributed by atoms with Gasteiger partial charge < -0.3 is 40.4 Å². The second-order valence-electron chi connectivity index (χ2n) is 13.7. The molecule has 14 nitrogen and oxygen atoms in total. The zero-order valence-corrected chi connectivity index (χ0v) is 35.6. The van der Waals surface area contributed by atoms with Crippen LogP contribution in [0.4, 0.5) is 38.0 Å². The molecule has 8 aromatic rings. The summed E-state index contributed by atoms with van der Waals surface area (Å²) >= 11 is 3.34. The molecule has 4 aromatic heterocycles. The highest BCUT2D eigenvalue weighted by molar-refractivity contribution is 9.10. The van der Waals surface area contributed by atoms with E-state index in [2.05, 4.69) is 46.5 Å². The van der Waals surface area contributed by atoms with E-state index >= 15 is 0 Å². The van der Waals surface area contributed by atoms with Crippen LogP contribution in [-0.4, -0.2) is 96.6 Å². The molecule has 0 spiro atoms.